The Labute approximate surface area is 74.2 Å². The highest BCUT2D eigenvalue weighted by Crippen LogP contribution is 2.25. The highest BCUT2D eigenvalue weighted by molar-refractivity contribution is 7.86. The van der Waals surface area contributed by atoms with Gasteiger partial charge in [-0.2, -0.15) is 8.42 Å². The monoisotopic (exact) mass is 208 g/mol. The highest BCUT2D eigenvalue weighted by Gasteiger charge is 2.14. The van der Waals surface area contributed by atoms with Crippen molar-refractivity contribution in [3.63, 3.8) is 0 Å². The van der Waals surface area contributed by atoms with E-state index < -0.39 is 20.8 Å². The molecule has 0 spiro atoms. The number of rotatable bonds is 1. The van der Waals surface area contributed by atoms with Gasteiger partial charge in [0.15, 0.2) is 0 Å². The Morgan fingerprint density at radius 1 is 1.33 bits per heavy atom. The largest absolute Gasteiger partial charge is 0.506 e. The summed E-state index contributed by atoms with van der Waals surface area (Å²) in [7, 11) is -4.39. The first-order chi connectivity index (χ1) is 5.41. The molecular weight excluding hydrogens is 204 g/mol. The molecule has 0 amide bonds. The van der Waals surface area contributed by atoms with Gasteiger partial charge in [0.05, 0.1) is 0 Å². The third-order valence-corrected chi connectivity index (χ3v) is 2.32. The number of phenolic OH excluding ortho intramolecular Hbond substituents is 1. The van der Waals surface area contributed by atoms with Gasteiger partial charge in [0.25, 0.3) is 10.1 Å². The van der Waals surface area contributed by atoms with Crippen molar-refractivity contribution in [1.29, 1.82) is 0 Å². The molecule has 0 saturated heterocycles. The van der Waals surface area contributed by atoms with Gasteiger partial charge < -0.3 is 5.11 Å². The molecule has 12 heavy (non-hydrogen) atoms. The van der Waals surface area contributed by atoms with Crippen LogP contribution in [-0.4, -0.2) is 18.1 Å². The zero-order chi connectivity index (χ0) is 9.35. The Kier molecular flexibility index (Phi) is 2.27. The first-order valence-corrected chi connectivity index (χ1v) is 4.69. The highest BCUT2D eigenvalue weighted by atomic mass is 35.5. The maximum atomic E-state index is 10.5. The van der Waals surface area contributed by atoms with Gasteiger partial charge in [0.1, 0.15) is 10.6 Å². The predicted octanol–water partition coefficient (Wildman–Crippen LogP) is 1.29. The Morgan fingerprint density at radius 3 is 2.33 bits per heavy atom. The molecule has 0 radical (unpaired) electrons. The number of hydrogen-bond donors (Lipinski definition) is 2. The molecule has 66 valence electrons. The van der Waals surface area contributed by atoms with Gasteiger partial charge in [-0.15, -0.1) is 0 Å². The van der Waals surface area contributed by atoms with Gasteiger partial charge >= 0.3 is 0 Å². The van der Waals surface area contributed by atoms with Gasteiger partial charge in [0.2, 0.25) is 0 Å². The smallest absolute Gasteiger partial charge is 0.298 e. The summed E-state index contributed by atoms with van der Waals surface area (Å²) in [5.74, 6) is -0.526. The van der Waals surface area contributed by atoms with Crippen LogP contribution < -0.4 is 0 Å². The molecule has 2 N–H and O–H groups in total. The van der Waals surface area contributed by atoms with Crippen LogP contribution in [0.3, 0.4) is 0 Å². The maximum absolute atomic E-state index is 10.5. The maximum Gasteiger partial charge on any atom is 0.298 e. The van der Waals surface area contributed by atoms with E-state index in [-0.39, 0.29) is 5.02 Å². The van der Waals surface area contributed by atoms with E-state index in [1.165, 1.54) is 6.07 Å². The van der Waals surface area contributed by atoms with Crippen molar-refractivity contribution in [2.45, 2.75) is 4.90 Å². The summed E-state index contributed by atoms with van der Waals surface area (Å²) in [4.78, 5) is -0.588. The normalized spacial score (nSPS) is 11.5. The third kappa shape index (κ3) is 1.88. The van der Waals surface area contributed by atoms with E-state index >= 15 is 0 Å². The summed E-state index contributed by atoms with van der Waals surface area (Å²) in [6.45, 7) is 0. The summed E-state index contributed by atoms with van der Waals surface area (Å²) in [6.07, 6.45) is 0. The van der Waals surface area contributed by atoms with Crippen LogP contribution in [0.15, 0.2) is 23.1 Å². The lowest BCUT2D eigenvalue weighted by atomic mass is 10.3. The SMILES string of the molecule is O=S(=O)(O)c1cc(Cl)ccc1O. The molecule has 0 aromatic heterocycles. The zero-order valence-corrected chi connectivity index (χ0v) is 7.30. The summed E-state index contributed by atoms with van der Waals surface area (Å²) in [6, 6.07) is 3.36. The van der Waals surface area contributed by atoms with E-state index in [2.05, 4.69) is 0 Å². The molecule has 4 nitrogen and oxygen atoms in total. The predicted molar refractivity (Wildman–Crippen MR) is 42.9 cm³/mol. The van der Waals surface area contributed by atoms with Crippen molar-refractivity contribution in [3.05, 3.63) is 23.2 Å². The average molecular weight is 209 g/mol. The lowest BCUT2D eigenvalue weighted by Gasteiger charge is -1.99. The van der Waals surface area contributed by atoms with Gasteiger partial charge in [-0.25, -0.2) is 0 Å². The molecule has 0 aliphatic rings. The summed E-state index contributed by atoms with van der Waals surface area (Å²) < 4.78 is 29.6. The van der Waals surface area contributed by atoms with Crippen LogP contribution >= 0.6 is 11.6 Å². The minimum atomic E-state index is -4.39. The number of hydrogen-bond acceptors (Lipinski definition) is 3. The summed E-state index contributed by atoms with van der Waals surface area (Å²) >= 11 is 5.44. The minimum absolute atomic E-state index is 0.125. The summed E-state index contributed by atoms with van der Waals surface area (Å²) in [5, 5.41) is 9.10. The van der Waals surface area contributed by atoms with Gasteiger partial charge in [-0.3, -0.25) is 4.55 Å². The number of benzene rings is 1. The quantitative estimate of drug-likeness (QED) is 0.682. The van der Waals surface area contributed by atoms with Crippen LogP contribution in [0.5, 0.6) is 5.75 Å². The van der Waals surface area contributed by atoms with Crippen molar-refractivity contribution in [1.82, 2.24) is 0 Å². The Balaban J connectivity index is 3.43. The molecule has 0 unspecified atom stereocenters. The van der Waals surface area contributed by atoms with Crippen molar-refractivity contribution in [2.24, 2.45) is 0 Å². The van der Waals surface area contributed by atoms with Gasteiger partial charge in [-0.05, 0) is 18.2 Å². The van der Waals surface area contributed by atoms with Crippen molar-refractivity contribution in [3.8, 4) is 5.75 Å². The molecule has 0 atom stereocenters. The molecule has 1 aromatic rings. The lowest BCUT2D eigenvalue weighted by molar-refractivity contribution is 0.443. The lowest BCUT2D eigenvalue weighted by Crippen LogP contribution is -1.97. The van der Waals surface area contributed by atoms with Crippen molar-refractivity contribution < 1.29 is 18.1 Å². The molecule has 0 saturated carbocycles. The molecule has 1 aromatic carbocycles. The van der Waals surface area contributed by atoms with Crippen LogP contribution in [0.4, 0.5) is 0 Å². The first-order valence-electron chi connectivity index (χ1n) is 2.87. The Morgan fingerprint density at radius 2 is 1.92 bits per heavy atom. The standard InChI is InChI=1S/C6H5ClO4S/c7-4-1-2-5(8)6(3-4)12(9,10)11/h1-3,8H,(H,9,10,11). The van der Waals surface area contributed by atoms with E-state index in [0.717, 1.165) is 12.1 Å². The molecule has 0 fully saturated rings. The molecule has 0 heterocycles. The van der Waals surface area contributed by atoms with Gasteiger partial charge in [-0.1, -0.05) is 11.6 Å². The van der Waals surface area contributed by atoms with Crippen LogP contribution in [0.1, 0.15) is 0 Å². The molecule has 1 rings (SSSR count). The first kappa shape index (κ1) is 9.31. The van der Waals surface area contributed by atoms with E-state index in [0.29, 0.717) is 0 Å². The Hall–Kier alpha value is -0.780. The zero-order valence-electron chi connectivity index (χ0n) is 5.73. The second-order valence-electron chi connectivity index (χ2n) is 2.09. The topological polar surface area (TPSA) is 74.6 Å². The molecular formula is C6H5ClO4S. The molecule has 6 heteroatoms. The van der Waals surface area contributed by atoms with Crippen LogP contribution in [-0.2, 0) is 10.1 Å². The molecule has 0 aliphatic carbocycles. The number of halogens is 1. The van der Waals surface area contributed by atoms with Crippen molar-refractivity contribution in [2.75, 3.05) is 0 Å². The fourth-order valence-electron chi connectivity index (χ4n) is 0.695. The van der Waals surface area contributed by atoms with Crippen LogP contribution in [0, 0.1) is 0 Å². The van der Waals surface area contributed by atoms with Crippen molar-refractivity contribution >= 4 is 21.7 Å². The second-order valence-corrected chi connectivity index (χ2v) is 3.91. The van der Waals surface area contributed by atoms with E-state index in [1.807, 2.05) is 0 Å². The fraction of sp³-hybridized carbons (Fsp3) is 0. The minimum Gasteiger partial charge on any atom is -0.506 e. The Bertz CT molecular complexity index is 398. The van der Waals surface area contributed by atoms with E-state index in [9.17, 15) is 8.42 Å². The van der Waals surface area contributed by atoms with E-state index in [1.54, 1.807) is 0 Å². The van der Waals surface area contributed by atoms with Crippen LogP contribution in [0.2, 0.25) is 5.02 Å². The second kappa shape index (κ2) is 2.93. The fourth-order valence-corrected chi connectivity index (χ4v) is 1.54. The van der Waals surface area contributed by atoms with Gasteiger partial charge in [0, 0.05) is 5.02 Å². The molecule has 0 aliphatic heterocycles. The third-order valence-electron chi connectivity index (χ3n) is 1.20. The average Bonchev–Trinajstić information content (AvgIpc) is 1.92. The summed E-state index contributed by atoms with van der Waals surface area (Å²) in [5.41, 5.74) is 0. The number of aromatic hydroxyl groups is 1. The van der Waals surface area contributed by atoms with Crippen LogP contribution in [0.25, 0.3) is 0 Å². The van der Waals surface area contributed by atoms with E-state index in [4.69, 9.17) is 21.3 Å². The number of phenols is 1. The molecule has 0 bridgehead atoms.